The number of nitrogens with zero attached hydrogens (tertiary/aromatic N) is 5. The van der Waals surface area contributed by atoms with Crippen LogP contribution in [0.3, 0.4) is 0 Å². The number of aromatic nitrogens is 3. The lowest BCUT2D eigenvalue weighted by atomic mass is 9.99. The number of carbonyl (C=O) groups excluding carboxylic acids is 2. The largest absolute Gasteiger partial charge is 0.458 e. The lowest BCUT2D eigenvalue weighted by Crippen LogP contribution is -2.31. The standard InChI is InChI=1S/C37H52ClN5O8S/c1-25-26(2)52-36-33(25)34(28-9-11-29(38)12-10-28)39-30(35-41-40-27(3)43(35)36)23-31(44)42(7)13-16-48-19-17-46-14-8-15-47-18-20-49-21-22-50-24-32(45)51-37(4,5)6/h9-12,30H,8,13-24H2,1-7H3/t30-/m0/s1. The maximum Gasteiger partial charge on any atom is 0.332 e. The first kappa shape index (κ1) is 41.5. The molecule has 1 aliphatic rings. The van der Waals surface area contributed by atoms with Crippen LogP contribution in [0.25, 0.3) is 5.00 Å². The summed E-state index contributed by atoms with van der Waals surface area (Å²) in [6, 6.07) is 7.12. The minimum absolute atomic E-state index is 0.0636. The molecule has 2 aromatic heterocycles. The van der Waals surface area contributed by atoms with Gasteiger partial charge in [-0.1, -0.05) is 23.7 Å². The van der Waals surface area contributed by atoms with Gasteiger partial charge in [0.2, 0.25) is 5.91 Å². The Morgan fingerprint density at radius 3 is 2.10 bits per heavy atom. The van der Waals surface area contributed by atoms with E-state index in [2.05, 4.69) is 24.0 Å². The molecule has 0 saturated heterocycles. The van der Waals surface area contributed by atoms with Gasteiger partial charge in [0.05, 0.1) is 58.4 Å². The molecule has 0 saturated carbocycles. The van der Waals surface area contributed by atoms with E-state index in [0.29, 0.717) is 76.9 Å². The van der Waals surface area contributed by atoms with Crippen LogP contribution >= 0.6 is 22.9 Å². The number of amides is 1. The minimum atomic E-state index is -0.524. The van der Waals surface area contributed by atoms with E-state index in [1.54, 1.807) is 23.3 Å². The summed E-state index contributed by atoms with van der Waals surface area (Å²) >= 11 is 7.90. The van der Waals surface area contributed by atoms with Crippen molar-refractivity contribution in [2.45, 2.75) is 66.0 Å². The van der Waals surface area contributed by atoms with Crippen LogP contribution in [-0.4, -0.2) is 123 Å². The number of carbonyl (C=O) groups is 2. The summed E-state index contributed by atoms with van der Waals surface area (Å²) in [7, 11) is 1.77. The van der Waals surface area contributed by atoms with Gasteiger partial charge in [0, 0.05) is 47.8 Å². The predicted molar refractivity (Wildman–Crippen MR) is 200 cm³/mol. The Kier molecular flexibility index (Phi) is 16.2. The van der Waals surface area contributed by atoms with Crippen molar-refractivity contribution in [1.29, 1.82) is 0 Å². The topological polar surface area (TPSA) is 136 Å². The molecule has 0 bridgehead atoms. The van der Waals surface area contributed by atoms with Crippen LogP contribution in [0.15, 0.2) is 29.3 Å². The Morgan fingerprint density at radius 2 is 1.46 bits per heavy atom. The molecule has 52 heavy (non-hydrogen) atoms. The number of benzene rings is 1. The van der Waals surface area contributed by atoms with Gasteiger partial charge in [-0.05, 0) is 65.7 Å². The zero-order chi connectivity index (χ0) is 37.7. The molecule has 1 aliphatic heterocycles. The number of aliphatic imine (C=N–C) groups is 1. The van der Waals surface area contributed by atoms with Crippen molar-refractivity contribution in [3.63, 3.8) is 0 Å². The molecule has 3 aromatic rings. The second kappa shape index (κ2) is 20.3. The van der Waals surface area contributed by atoms with Gasteiger partial charge < -0.3 is 33.3 Å². The molecule has 1 aromatic carbocycles. The summed E-state index contributed by atoms with van der Waals surface area (Å²) in [4.78, 5) is 33.1. The molecule has 286 valence electrons. The third-order valence-corrected chi connectivity index (χ3v) is 9.50. The van der Waals surface area contributed by atoms with Crippen LogP contribution in [0.5, 0.6) is 0 Å². The number of fused-ring (bicyclic) bond motifs is 3. The van der Waals surface area contributed by atoms with Crippen LogP contribution < -0.4 is 0 Å². The fourth-order valence-electron chi connectivity index (χ4n) is 5.33. The minimum Gasteiger partial charge on any atom is -0.458 e. The second-order valence-electron chi connectivity index (χ2n) is 13.4. The predicted octanol–water partition coefficient (Wildman–Crippen LogP) is 5.46. The highest BCUT2D eigenvalue weighted by atomic mass is 35.5. The molecule has 0 N–H and O–H groups in total. The number of thiophene rings is 1. The van der Waals surface area contributed by atoms with E-state index >= 15 is 0 Å². The van der Waals surface area contributed by atoms with Crippen LogP contribution in [0, 0.1) is 20.8 Å². The zero-order valence-electron chi connectivity index (χ0n) is 31.4. The number of esters is 1. The first-order valence-corrected chi connectivity index (χ1v) is 18.8. The average Bonchev–Trinajstić information content (AvgIpc) is 3.57. The molecule has 0 spiro atoms. The van der Waals surface area contributed by atoms with Crippen molar-refractivity contribution < 1.29 is 38.0 Å². The maximum atomic E-state index is 13.5. The third kappa shape index (κ3) is 12.4. The van der Waals surface area contributed by atoms with E-state index in [9.17, 15) is 9.59 Å². The number of aryl methyl sites for hydroxylation is 2. The first-order chi connectivity index (χ1) is 24.9. The van der Waals surface area contributed by atoms with Crippen molar-refractivity contribution >= 4 is 40.5 Å². The summed E-state index contributed by atoms with van der Waals surface area (Å²) in [6.45, 7) is 15.9. The SMILES string of the molecule is Cc1sc2c(c1C)C(c1ccc(Cl)cc1)=N[C@@H](CC(=O)N(C)CCOCCOCCCOCCOCCOCC(=O)OC(C)(C)C)c1nnc(C)n1-2. The van der Waals surface area contributed by atoms with E-state index in [0.717, 1.165) is 39.6 Å². The number of ether oxygens (including phenoxy) is 6. The van der Waals surface area contributed by atoms with Crippen LogP contribution in [0.1, 0.15) is 72.9 Å². The number of halogens is 1. The second-order valence-corrected chi connectivity index (χ2v) is 15.0. The van der Waals surface area contributed by atoms with Crippen molar-refractivity contribution in [2.24, 2.45) is 4.99 Å². The van der Waals surface area contributed by atoms with E-state index in [-0.39, 0.29) is 18.9 Å². The molecular weight excluding hydrogens is 710 g/mol. The summed E-state index contributed by atoms with van der Waals surface area (Å²) in [6.07, 6.45) is 0.889. The Morgan fingerprint density at radius 1 is 0.865 bits per heavy atom. The van der Waals surface area contributed by atoms with Crippen LogP contribution in [0.2, 0.25) is 5.02 Å². The Labute approximate surface area is 315 Å². The van der Waals surface area contributed by atoms with E-state index < -0.39 is 17.6 Å². The van der Waals surface area contributed by atoms with Crippen LogP contribution in [-0.2, 0) is 38.0 Å². The van der Waals surface area contributed by atoms with Gasteiger partial charge in [-0.3, -0.25) is 14.4 Å². The van der Waals surface area contributed by atoms with E-state index in [4.69, 9.17) is 45.0 Å². The molecule has 1 amide bonds. The maximum absolute atomic E-state index is 13.5. The van der Waals surface area contributed by atoms with Gasteiger partial charge in [-0.2, -0.15) is 0 Å². The fraction of sp³-hybridized carbons (Fsp3) is 0.595. The van der Waals surface area contributed by atoms with Crippen molar-refractivity contribution in [3.05, 3.63) is 62.5 Å². The van der Waals surface area contributed by atoms with Gasteiger partial charge in [-0.25, -0.2) is 4.79 Å². The molecule has 0 radical (unpaired) electrons. The third-order valence-electron chi connectivity index (χ3n) is 8.06. The van der Waals surface area contributed by atoms with Crippen molar-refractivity contribution in [2.75, 3.05) is 79.7 Å². The summed E-state index contributed by atoms with van der Waals surface area (Å²) in [5.41, 5.74) is 3.40. The highest BCUT2D eigenvalue weighted by Gasteiger charge is 2.33. The molecule has 0 fully saturated rings. The summed E-state index contributed by atoms with van der Waals surface area (Å²) < 4.78 is 34.8. The monoisotopic (exact) mass is 761 g/mol. The Balaban J connectivity index is 1.11. The van der Waals surface area contributed by atoms with Crippen molar-refractivity contribution in [1.82, 2.24) is 19.7 Å². The number of hydrogen-bond donors (Lipinski definition) is 0. The van der Waals surface area contributed by atoms with Crippen molar-refractivity contribution in [3.8, 4) is 5.00 Å². The lowest BCUT2D eigenvalue weighted by Gasteiger charge is -2.20. The highest BCUT2D eigenvalue weighted by molar-refractivity contribution is 7.15. The molecular formula is C37H52ClN5O8S. The van der Waals surface area contributed by atoms with Gasteiger partial charge in [-0.15, -0.1) is 21.5 Å². The molecule has 13 nitrogen and oxygen atoms in total. The average molecular weight is 762 g/mol. The van der Waals surface area contributed by atoms with Gasteiger partial charge >= 0.3 is 5.97 Å². The normalized spacial score (nSPS) is 14.1. The summed E-state index contributed by atoms with van der Waals surface area (Å²) in [5, 5.41) is 10.5. The van der Waals surface area contributed by atoms with Gasteiger partial charge in [0.1, 0.15) is 29.1 Å². The van der Waals surface area contributed by atoms with Gasteiger partial charge in [0.15, 0.2) is 5.82 Å². The fourth-order valence-corrected chi connectivity index (χ4v) is 6.67. The molecule has 0 aliphatic carbocycles. The Bertz CT molecular complexity index is 1640. The van der Waals surface area contributed by atoms with Gasteiger partial charge in [0.25, 0.3) is 0 Å². The molecule has 0 unspecified atom stereocenters. The number of likely N-dealkylation sites (N-methyl/N-ethyl adjacent to an activating group) is 1. The smallest absolute Gasteiger partial charge is 0.332 e. The number of rotatable bonds is 21. The molecule has 15 heteroatoms. The lowest BCUT2D eigenvalue weighted by molar-refractivity contribution is -0.160. The van der Waals surface area contributed by atoms with Crippen LogP contribution in [0.4, 0.5) is 0 Å². The summed E-state index contributed by atoms with van der Waals surface area (Å²) in [5.74, 6) is 0.946. The van der Waals surface area contributed by atoms with E-state index in [1.807, 2.05) is 56.5 Å². The highest BCUT2D eigenvalue weighted by Crippen LogP contribution is 2.39. The molecule has 4 rings (SSSR count). The Hall–Kier alpha value is -3.24. The van der Waals surface area contributed by atoms with E-state index in [1.165, 1.54) is 4.88 Å². The molecule has 1 atom stereocenters. The first-order valence-electron chi connectivity index (χ1n) is 17.6. The molecule has 3 heterocycles. The number of hydrogen-bond acceptors (Lipinski definition) is 12. The zero-order valence-corrected chi connectivity index (χ0v) is 32.9. The quantitative estimate of drug-likeness (QED) is 0.102.